The molecule has 0 radical (unpaired) electrons. The zero-order valence-corrected chi connectivity index (χ0v) is 14.4. The van der Waals surface area contributed by atoms with Crippen molar-refractivity contribution in [1.82, 2.24) is 10.2 Å². The van der Waals surface area contributed by atoms with E-state index in [0.717, 1.165) is 55.8 Å². The van der Waals surface area contributed by atoms with E-state index in [1.807, 2.05) is 19.1 Å². The maximum Gasteiger partial charge on any atom is 0.251 e. The first kappa shape index (κ1) is 17.9. The van der Waals surface area contributed by atoms with Gasteiger partial charge < -0.3 is 14.8 Å². The molecule has 1 aromatic rings. The number of nitrogens with one attached hydrogen (secondary N) is 1. The van der Waals surface area contributed by atoms with Crippen LogP contribution in [-0.4, -0.2) is 57.4 Å². The van der Waals surface area contributed by atoms with Crippen molar-refractivity contribution >= 4 is 5.91 Å². The number of hydrogen-bond donors (Lipinski definition) is 1. The minimum atomic E-state index is 0.0239. The Bertz CT molecular complexity index is 513. The Morgan fingerprint density at radius 1 is 1.39 bits per heavy atom. The molecular formula is C18H28N2O3. The highest BCUT2D eigenvalue weighted by Crippen LogP contribution is 2.14. The second-order valence-electron chi connectivity index (χ2n) is 6.24. The number of carbonyl (C=O) groups is 1. The maximum absolute atomic E-state index is 12.6. The zero-order chi connectivity index (χ0) is 16.7. The predicted molar refractivity (Wildman–Crippen MR) is 90.7 cm³/mol. The van der Waals surface area contributed by atoms with Gasteiger partial charge in [-0.3, -0.25) is 9.69 Å². The van der Waals surface area contributed by atoms with Crippen LogP contribution < -0.4 is 5.32 Å². The number of aryl methyl sites for hydroxylation is 1. The molecule has 23 heavy (non-hydrogen) atoms. The van der Waals surface area contributed by atoms with Crippen molar-refractivity contribution in [2.24, 2.45) is 0 Å². The number of ether oxygens (including phenoxy) is 2. The minimum absolute atomic E-state index is 0.0239. The summed E-state index contributed by atoms with van der Waals surface area (Å²) in [6.07, 6.45) is 1.79. The zero-order valence-electron chi connectivity index (χ0n) is 14.4. The Kier molecular flexibility index (Phi) is 7.02. The van der Waals surface area contributed by atoms with Gasteiger partial charge in [0.1, 0.15) is 0 Å². The molecule has 0 bridgehead atoms. The lowest BCUT2D eigenvalue weighted by atomic mass is 10.0. The average molecular weight is 320 g/mol. The van der Waals surface area contributed by atoms with Crippen molar-refractivity contribution in [2.75, 3.05) is 40.5 Å². The summed E-state index contributed by atoms with van der Waals surface area (Å²) in [7, 11) is 3.76. The van der Waals surface area contributed by atoms with Crippen LogP contribution in [0.4, 0.5) is 0 Å². The Hall–Kier alpha value is -1.43. The Morgan fingerprint density at radius 2 is 2.13 bits per heavy atom. The van der Waals surface area contributed by atoms with Crippen LogP contribution in [0.2, 0.25) is 0 Å². The SMILES string of the molecule is COCCN(C)Cc1ccc(C)c(C(=O)NC2CCOCC2)c1. The highest BCUT2D eigenvalue weighted by atomic mass is 16.5. The molecule has 0 saturated carbocycles. The van der Waals surface area contributed by atoms with E-state index in [1.54, 1.807) is 7.11 Å². The van der Waals surface area contributed by atoms with Crippen LogP contribution in [0.3, 0.4) is 0 Å². The smallest absolute Gasteiger partial charge is 0.251 e. The minimum Gasteiger partial charge on any atom is -0.383 e. The lowest BCUT2D eigenvalue weighted by Gasteiger charge is -2.23. The quantitative estimate of drug-likeness (QED) is 0.835. The van der Waals surface area contributed by atoms with Gasteiger partial charge in [0.25, 0.3) is 5.91 Å². The third kappa shape index (κ3) is 5.61. The Labute approximate surface area is 139 Å². The van der Waals surface area contributed by atoms with Gasteiger partial charge in [-0.15, -0.1) is 0 Å². The van der Waals surface area contributed by atoms with E-state index in [2.05, 4.69) is 23.3 Å². The Morgan fingerprint density at radius 3 is 2.83 bits per heavy atom. The van der Waals surface area contributed by atoms with E-state index in [-0.39, 0.29) is 11.9 Å². The molecule has 1 fully saturated rings. The van der Waals surface area contributed by atoms with Crippen LogP contribution in [0, 0.1) is 6.92 Å². The predicted octanol–water partition coefficient (Wildman–Crippen LogP) is 1.98. The number of amides is 1. The third-order valence-corrected chi connectivity index (χ3v) is 4.23. The molecule has 1 aliphatic rings. The number of rotatable bonds is 7. The van der Waals surface area contributed by atoms with Crippen LogP contribution >= 0.6 is 0 Å². The number of likely N-dealkylation sites (N-methyl/N-ethyl adjacent to an activating group) is 1. The van der Waals surface area contributed by atoms with E-state index in [1.165, 1.54) is 0 Å². The molecular weight excluding hydrogens is 292 g/mol. The molecule has 128 valence electrons. The van der Waals surface area contributed by atoms with Crippen molar-refractivity contribution in [1.29, 1.82) is 0 Å². The normalized spacial score (nSPS) is 15.8. The fourth-order valence-electron chi connectivity index (χ4n) is 2.76. The first-order valence-electron chi connectivity index (χ1n) is 8.25. The molecule has 5 heteroatoms. The fraction of sp³-hybridized carbons (Fsp3) is 0.611. The van der Waals surface area contributed by atoms with Gasteiger partial charge in [0.15, 0.2) is 0 Å². The first-order valence-corrected chi connectivity index (χ1v) is 8.25. The van der Waals surface area contributed by atoms with Crippen molar-refractivity contribution < 1.29 is 14.3 Å². The highest BCUT2D eigenvalue weighted by molar-refractivity contribution is 5.96. The van der Waals surface area contributed by atoms with Gasteiger partial charge in [0.05, 0.1) is 6.61 Å². The van der Waals surface area contributed by atoms with Crippen LogP contribution in [0.15, 0.2) is 18.2 Å². The van der Waals surface area contributed by atoms with Gasteiger partial charge in [-0.25, -0.2) is 0 Å². The number of nitrogens with zero attached hydrogens (tertiary/aromatic N) is 1. The molecule has 0 spiro atoms. The molecule has 1 aliphatic heterocycles. The molecule has 0 unspecified atom stereocenters. The van der Waals surface area contributed by atoms with E-state index < -0.39 is 0 Å². The van der Waals surface area contributed by atoms with E-state index in [9.17, 15) is 4.79 Å². The summed E-state index contributed by atoms with van der Waals surface area (Å²) in [5, 5.41) is 3.14. The molecule has 0 aromatic heterocycles. The van der Waals surface area contributed by atoms with E-state index in [4.69, 9.17) is 9.47 Å². The topological polar surface area (TPSA) is 50.8 Å². The van der Waals surface area contributed by atoms with Gasteiger partial charge in [-0.05, 0) is 44.0 Å². The van der Waals surface area contributed by atoms with Gasteiger partial charge in [-0.1, -0.05) is 12.1 Å². The monoisotopic (exact) mass is 320 g/mol. The summed E-state index contributed by atoms with van der Waals surface area (Å²) in [5.74, 6) is 0.0239. The maximum atomic E-state index is 12.6. The van der Waals surface area contributed by atoms with Crippen molar-refractivity contribution in [2.45, 2.75) is 32.4 Å². The lowest BCUT2D eigenvalue weighted by molar-refractivity contribution is 0.0696. The number of carbonyl (C=O) groups excluding carboxylic acids is 1. The number of benzene rings is 1. The van der Waals surface area contributed by atoms with Gasteiger partial charge >= 0.3 is 0 Å². The first-order chi connectivity index (χ1) is 11.1. The molecule has 2 rings (SSSR count). The number of hydrogen-bond acceptors (Lipinski definition) is 4. The number of methoxy groups -OCH3 is 1. The van der Waals surface area contributed by atoms with Crippen LogP contribution in [0.25, 0.3) is 0 Å². The van der Waals surface area contributed by atoms with Gasteiger partial charge in [-0.2, -0.15) is 0 Å². The van der Waals surface area contributed by atoms with Crippen LogP contribution in [0.1, 0.15) is 34.3 Å². The van der Waals surface area contributed by atoms with E-state index in [0.29, 0.717) is 6.61 Å². The van der Waals surface area contributed by atoms with Crippen LogP contribution in [0.5, 0.6) is 0 Å². The molecule has 1 heterocycles. The third-order valence-electron chi connectivity index (χ3n) is 4.23. The summed E-state index contributed by atoms with van der Waals surface area (Å²) < 4.78 is 10.4. The molecule has 0 aliphatic carbocycles. The average Bonchev–Trinajstić information content (AvgIpc) is 2.55. The molecule has 0 atom stereocenters. The summed E-state index contributed by atoms with van der Waals surface area (Å²) in [5.41, 5.74) is 2.93. The van der Waals surface area contributed by atoms with Crippen molar-refractivity contribution in [3.05, 3.63) is 34.9 Å². The van der Waals surface area contributed by atoms with E-state index >= 15 is 0 Å². The van der Waals surface area contributed by atoms with Gasteiger partial charge in [0.2, 0.25) is 0 Å². The molecule has 1 amide bonds. The summed E-state index contributed by atoms with van der Waals surface area (Å²) in [6, 6.07) is 6.35. The summed E-state index contributed by atoms with van der Waals surface area (Å²) >= 11 is 0. The second kappa shape index (κ2) is 9.01. The largest absolute Gasteiger partial charge is 0.383 e. The molecule has 5 nitrogen and oxygen atoms in total. The van der Waals surface area contributed by atoms with Crippen molar-refractivity contribution in [3.8, 4) is 0 Å². The summed E-state index contributed by atoms with van der Waals surface area (Å²) in [4.78, 5) is 14.7. The summed E-state index contributed by atoms with van der Waals surface area (Å²) in [6.45, 7) is 5.83. The molecule has 1 N–H and O–H groups in total. The van der Waals surface area contributed by atoms with Crippen LogP contribution in [-0.2, 0) is 16.0 Å². The Balaban J connectivity index is 1.99. The van der Waals surface area contributed by atoms with Gasteiger partial charge in [0, 0.05) is 45.0 Å². The lowest BCUT2D eigenvalue weighted by Crippen LogP contribution is -2.39. The fourth-order valence-corrected chi connectivity index (χ4v) is 2.76. The second-order valence-corrected chi connectivity index (χ2v) is 6.24. The molecule has 1 aromatic carbocycles. The van der Waals surface area contributed by atoms with Crippen molar-refractivity contribution in [3.63, 3.8) is 0 Å². The standard InChI is InChI=1S/C18H28N2O3/c1-14-4-5-15(13-20(2)8-11-22-3)12-17(14)18(21)19-16-6-9-23-10-7-16/h4-5,12,16H,6-11,13H2,1-3H3,(H,19,21). The molecule has 1 saturated heterocycles. The highest BCUT2D eigenvalue weighted by Gasteiger charge is 2.18.